The van der Waals surface area contributed by atoms with Crippen molar-refractivity contribution in [1.29, 1.82) is 5.26 Å². The van der Waals surface area contributed by atoms with Gasteiger partial charge in [-0.1, -0.05) is 12.1 Å². The van der Waals surface area contributed by atoms with Gasteiger partial charge in [-0.05, 0) is 47.5 Å². The van der Waals surface area contributed by atoms with Gasteiger partial charge < -0.3 is 15.3 Å². The maximum absolute atomic E-state index is 10.8. The van der Waals surface area contributed by atoms with Crippen LogP contribution in [0.1, 0.15) is 21.5 Å². The highest BCUT2D eigenvalue weighted by atomic mass is 16.4. The van der Waals surface area contributed by atoms with Crippen LogP contribution in [0.15, 0.2) is 42.5 Å². The first kappa shape index (κ1) is 14.2. The van der Waals surface area contributed by atoms with E-state index in [0.717, 1.165) is 0 Å². The third-order valence-electron chi connectivity index (χ3n) is 2.88. The van der Waals surface area contributed by atoms with Gasteiger partial charge in [0.15, 0.2) is 11.5 Å². The zero-order valence-corrected chi connectivity index (χ0v) is 10.8. The number of aromatic hydroxyl groups is 2. The van der Waals surface area contributed by atoms with E-state index in [1.54, 1.807) is 18.2 Å². The molecule has 5 heteroatoms. The molecule has 2 aromatic rings. The molecule has 0 amide bonds. The zero-order chi connectivity index (χ0) is 15.4. The van der Waals surface area contributed by atoms with Crippen molar-refractivity contribution in [2.24, 2.45) is 0 Å². The molecule has 5 nitrogen and oxygen atoms in total. The SMILES string of the molecule is N#CC(=Cc1ccc(C(=O)O)cc1)c1ccc(O)c(O)c1. The molecule has 2 rings (SSSR count). The Bertz CT molecular complexity index is 755. The summed E-state index contributed by atoms with van der Waals surface area (Å²) in [6, 6.07) is 12.1. The van der Waals surface area contributed by atoms with Crippen LogP contribution in [-0.4, -0.2) is 21.3 Å². The predicted molar refractivity (Wildman–Crippen MR) is 76.7 cm³/mol. The number of rotatable bonds is 3. The van der Waals surface area contributed by atoms with Crippen LogP contribution in [0.3, 0.4) is 0 Å². The molecule has 0 unspecified atom stereocenters. The van der Waals surface area contributed by atoms with Crippen LogP contribution in [0.5, 0.6) is 11.5 Å². The molecule has 0 aliphatic rings. The first-order chi connectivity index (χ1) is 10.0. The number of carbonyl (C=O) groups is 1. The van der Waals surface area contributed by atoms with E-state index in [9.17, 15) is 20.3 Å². The summed E-state index contributed by atoms with van der Waals surface area (Å²) in [6.07, 6.45) is 1.57. The van der Waals surface area contributed by atoms with Gasteiger partial charge in [0, 0.05) is 0 Å². The number of aromatic carboxylic acids is 1. The van der Waals surface area contributed by atoms with Crippen molar-refractivity contribution in [3.63, 3.8) is 0 Å². The molecule has 0 heterocycles. The van der Waals surface area contributed by atoms with Gasteiger partial charge in [0.1, 0.15) is 0 Å². The minimum absolute atomic E-state index is 0.160. The van der Waals surface area contributed by atoms with Crippen LogP contribution in [0.2, 0.25) is 0 Å². The molecular weight excluding hydrogens is 270 g/mol. The Morgan fingerprint density at radius 3 is 2.14 bits per heavy atom. The van der Waals surface area contributed by atoms with Crippen LogP contribution in [0.4, 0.5) is 0 Å². The lowest BCUT2D eigenvalue weighted by molar-refractivity contribution is 0.0697. The lowest BCUT2D eigenvalue weighted by Crippen LogP contribution is -1.94. The van der Waals surface area contributed by atoms with Crippen molar-refractivity contribution in [3.05, 3.63) is 59.2 Å². The first-order valence-electron chi connectivity index (χ1n) is 5.99. The summed E-state index contributed by atoms with van der Waals surface area (Å²) in [5.74, 6) is -1.59. The van der Waals surface area contributed by atoms with E-state index in [2.05, 4.69) is 0 Å². The Morgan fingerprint density at radius 2 is 1.62 bits per heavy atom. The fraction of sp³-hybridized carbons (Fsp3) is 0. The number of hydrogen-bond acceptors (Lipinski definition) is 4. The van der Waals surface area contributed by atoms with E-state index in [-0.39, 0.29) is 22.6 Å². The van der Waals surface area contributed by atoms with Gasteiger partial charge in [-0.15, -0.1) is 0 Å². The van der Waals surface area contributed by atoms with E-state index in [4.69, 9.17) is 5.11 Å². The molecule has 0 saturated heterocycles. The normalized spacial score (nSPS) is 10.9. The minimum Gasteiger partial charge on any atom is -0.504 e. The quantitative estimate of drug-likeness (QED) is 0.456. The largest absolute Gasteiger partial charge is 0.504 e. The van der Waals surface area contributed by atoms with E-state index >= 15 is 0 Å². The fourth-order valence-electron chi connectivity index (χ4n) is 1.76. The molecule has 104 valence electrons. The summed E-state index contributed by atoms with van der Waals surface area (Å²) in [7, 11) is 0. The van der Waals surface area contributed by atoms with Crippen LogP contribution >= 0.6 is 0 Å². The summed E-state index contributed by atoms with van der Waals surface area (Å²) in [5, 5.41) is 36.7. The molecule has 0 spiro atoms. The van der Waals surface area contributed by atoms with Gasteiger partial charge in [-0.2, -0.15) is 5.26 Å². The Labute approximate surface area is 120 Å². The lowest BCUT2D eigenvalue weighted by atomic mass is 10.0. The van der Waals surface area contributed by atoms with Crippen LogP contribution in [0, 0.1) is 11.3 Å². The standard InChI is InChI=1S/C16H11NO4/c17-9-13(12-5-6-14(18)15(19)8-12)7-10-1-3-11(4-2-10)16(20)21/h1-8,18-19H,(H,20,21). The molecule has 0 saturated carbocycles. The van der Waals surface area contributed by atoms with Crippen LogP contribution in [-0.2, 0) is 0 Å². The molecule has 0 atom stereocenters. The molecule has 0 aliphatic heterocycles. The van der Waals surface area contributed by atoms with Crippen molar-refractivity contribution >= 4 is 17.6 Å². The number of phenolic OH excluding ortho intramolecular Hbond substituents is 2. The lowest BCUT2D eigenvalue weighted by Gasteiger charge is -2.03. The van der Waals surface area contributed by atoms with E-state index in [1.165, 1.54) is 30.3 Å². The number of carboxylic acid groups (broad SMARTS) is 1. The van der Waals surface area contributed by atoms with Gasteiger partial charge in [0.25, 0.3) is 0 Å². The van der Waals surface area contributed by atoms with Crippen molar-refractivity contribution in [2.75, 3.05) is 0 Å². The molecule has 3 N–H and O–H groups in total. The van der Waals surface area contributed by atoms with Crippen molar-refractivity contribution in [3.8, 4) is 17.6 Å². The summed E-state index contributed by atoms with van der Waals surface area (Å²) < 4.78 is 0. The topological polar surface area (TPSA) is 102 Å². The van der Waals surface area contributed by atoms with Gasteiger partial charge in [0.2, 0.25) is 0 Å². The fourth-order valence-corrected chi connectivity index (χ4v) is 1.76. The number of nitrogens with zero attached hydrogens (tertiary/aromatic N) is 1. The molecule has 0 aliphatic carbocycles. The van der Waals surface area contributed by atoms with Gasteiger partial charge >= 0.3 is 5.97 Å². The predicted octanol–water partition coefficient (Wildman–Crippen LogP) is 2.86. The highest BCUT2D eigenvalue weighted by molar-refractivity contribution is 5.91. The third kappa shape index (κ3) is 3.19. The van der Waals surface area contributed by atoms with Crippen LogP contribution < -0.4 is 0 Å². The van der Waals surface area contributed by atoms with Crippen molar-refractivity contribution in [1.82, 2.24) is 0 Å². The maximum Gasteiger partial charge on any atom is 0.335 e. The van der Waals surface area contributed by atoms with Crippen molar-refractivity contribution in [2.45, 2.75) is 0 Å². The Morgan fingerprint density at radius 1 is 1.00 bits per heavy atom. The third-order valence-corrected chi connectivity index (χ3v) is 2.88. The van der Waals surface area contributed by atoms with E-state index < -0.39 is 5.97 Å². The second-order valence-corrected chi connectivity index (χ2v) is 4.30. The average molecular weight is 281 g/mol. The van der Waals surface area contributed by atoms with Gasteiger partial charge in [-0.25, -0.2) is 4.79 Å². The smallest absolute Gasteiger partial charge is 0.335 e. The monoisotopic (exact) mass is 281 g/mol. The molecular formula is C16H11NO4. The number of phenols is 2. The molecule has 0 aromatic heterocycles. The minimum atomic E-state index is -1.02. The number of hydrogen-bond donors (Lipinski definition) is 3. The second-order valence-electron chi connectivity index (χ2n) is 4.30. The number of allylic oxidation sites excluding steroid dienone is 1. The number of benzene rings is 2. The molecule has 2 aromatic carbocycles. The summed E-state index contributed by atoms with van der Waals surface area (Å²) in [5.41, 5.74) is 1.56. The first-order valence-corrected chi connectivity index (χ1v) is 5.99. The molecule has 21 heavy (non-hydrogen) atoms. The van der Waals surface area contributed by atoms with Crippen LogP contribution in [0.25, 0.3) is 11.6 Å². The zero-order valence-electron chi connectivity index (χ0n) is 10.8. The molecule has 0 fully saturated rings. The van der Waals surface area contributed by atoms with Gasteiger partial charge in [-0.3, -0.25) is 0 Å². The maximum atomic E-state index is 10.8. The molecule has 0 radical (unpaired) electrons. The average Bonchev–Trinajstić information content (AvgIpc) is 2.48. The van der Waals surface area contributed by atoms with Crippen molar-refractivity contribution < 1.29 is 20.1 Å². The Kier molecular flexibility index (Phi) is 3.91. The highest BCUT2D eigenvalue weighted by Crippen LogP contribution is 2.28. The summed E-state index contributed by atoms with van der Waals surface area (Å²) in [6.45, 7) is 0. The Balaban J connectivity index is 2.38. The second kappa shape index (κ2) is 5.80. The molecule has 0 bridgehead atoms. The highest BCUT2D eigenvalue weighted by Gasteiger charge is 2.06. The number of nitriles is 1. The van der Waals surface area contributed by atoms with Gasteiger partial charge in [0.05, 0.1) is 17.2 Å². The number of carboxylic acids is 1. The Hall–Kier alpha value is -3.26. The summed E-state index contributed by atoms with van der Waals surface area (Å²) in [4.78, 5) is 10.8. The van der Waals surface area contributed by atoms with E-state index in [1.807, 2.05) is 6.07 Å². The van der Waals surface area contributed by atoms with E-state index in [0.29, 0.717) is 11.1 Å². The summed E-state index contributed by atoms with van der Waals surface area (Å²) >= 11 is 0.